The Morgan fingerprint density at radius 2 is 1.82 bits per heavy atom. The number of carbonyl (C=O) groups is 1. The standard InChI is InChI=1S/C25H33FN4O3S/c1-3-25(31)30-19(2)17-20-18-21(9-10-23(20)30)34(32,33)27-11-6-12-28-13-15-29(16-14-28)24-8-5-4-7-22(24)26/h4-5,7-10,18-19,27H,3,6,11-17H2,1-2H3/t19-/m1/s1. The van der Waals surface area contributed by atoms with Crippen LogP contribution in [-0.4, -0.2) is 64.5 Å². The van der Waals surface area contributed by atoms with E-state index in [0.29, 0.717) is 31.5 Å². The van der Waals surface area contributed by atoms with E-state index in [1.54, 1.807) is 35.2 Å². The van der Waals surface area contributed by atoms with Crippen molar-refractivity contribution in [1.82, 2.24) is 9.62 Å². The van der Waals surface area contributed by atoms with E-state index in [9.17, 15) is 17.6 Å². The Kier molecular flexibility index (Phi) is 7.54. The summed E-state index contributed by atoms with van der Waals surface area (Å²) < 4.78 is 42.3. The number of halogens is 1. The van der Waals surface area contributed by atoms with Crippen LogP contribution in [0.1, 0.15) is 32.3 Å². The van der Waals surface area contributed by atoms with E-state index in [4.69, 9.17) is 0 Å². The molecule has 2 heterocycles. The highest BCUT2D eigenvalue weighted by Gasteiger charge is 2.31. The van der Waals surface area contributed by atoms with Gasteiger partial charge in [0.05, 0.1) is 10.6 Å². The normalized spacial score (nSPS) is 18.9. The third-order valence-electron chi connectivity index (χ3n) is 6.66. The molecule has 0 aromatic heterocycles. The van der Waals surface area contributed by atoms with Gasteiger partial charge in [-0.1, -0.05) is 19.1 Å². The molecule has 1 atom stereocenters. The molecule has 2 aromatic rings. The third kappa shape index (κ3) is 5.26. The third-order valence-corrected chi connectivity index (χ3v) is 8.12. The summed E-state index contributed by atoms with van der Waals surface area (Å²) in [5.41, 5.74) is 2.35. The molecule has 2 aliphatic heterocycles. The minimum Gasteiger partial charge on any atom is -0.367 e. The maximum atomic E-state index is 14.0. The number of nitrogens with one attached hydrogen (secondary N) is 1. The topological polar surface area (TPSA) is 73.0 Å². The highest BCUT2D eigenvalue weighted by atomic mass is 32.2. The largest absolute Gasteiger partial charge is 0.367 e. The number of nitrogens with zero attached hydrogens (tertiary/aromatic N) is 3. The molecule has 0 unspecified atom stereocenters. The molecule has 34 heavy (non-hydrogen) atoms. The molecular formula is C25H33FN4O3S. The summed E-state index contributed by atoms with van der Waals surface area (Å²) in [7, 11) is -3.62. The monoisotopic (exact) mass is 488 g/mol. The fourth-order valence-corrected chi connectivity index (χ4v) is 5.96. The van der Waals surface area contributed by atoms with Crippen molar-refractivity contribution in [1.29, 1.82) is 0 Å². The summed E-state index contributed by atoms with van der Waals surface area (Å²) in [5.74, 6) is -0.147. The Balaban J connectivity index is 1.26. The van der Waals surface area contributed by atoms with Crippen molar-refractivity contribution in [3.63, 3.8) is 0 Å². The van der Waals surface area contributed by atoms with Crippen LogP contribution in [0.25, 0.3) is 0 Å². The first-order chi connectivity index (χ1) is 16.3. The molecule has 2 aliphatic rings. The van der Waals surface area contributed by atoms with Crippen LogP contribution in [-0.2, 0) is 21.2 Å². The molecule has 9 heteroatoms. The molecule has 1 fully saturated rings. The zero-order valence-electron chi connectivity index (χ0n) is 19.8. The molecule has 4 rings (SSSR count). The Morgan fingerprint density at radius 3 is 2.53 bits per heavy atom. The molecule has 7 nitrogen and oxygen atoms in total. The Labute approximate surface area is 201 Å². The minimum absolute atomic E-state index is 0.0345. The minimum atomic E-state index is -3.62. The van der Waals surface area contributed by atoms with Crippen molar-refractivity contribution >= 4 is 27.3 Å². The van der Waals surface area contributed by atoms with E-state index in [-0.39, 0.29) is 22.7 Å². The number of hydrogen-bond donors (Lipinski definition) is 1. The molecule has 1 amide bonds. The predicted molar refractivity (Wildman–Crippen MR) is 132 cm³/mol. The fraction of sp³-hybridized carbons (Fsp3) is 0.480. The van der Waals surface area contributed by atoms with Gasteiger partial charge in [-0.15, -0.1) is 0 Å². The van der Waals surface area contributed by atoms with Gasteiger partial charge in [-0.05, 0) is 62.2 Å². The second-order valence-corrected chi connectivity index (χ2v) is 10.8. The lowest BCUT2D eigenvalue weighted by atomic mass is 10.1. The maximum Gasteiger partial charge on any atom is 0.240 e. The average molecular weight is 489 g/mol. The zero-order chi connectivity index (χ0) is 24.3. The van der Waals surface area contributed by atoms with Crippen molar-refractivity contribution in [2.75, 3.05) is 49.1 Å². The van der Waals surface area contributed by atoms with Crippen molar-refractivity contribution in [2.45, 2.75) is 44.0 Å². The van der Waals surface area contributed by atoms with E-state index in [1.807, 2.05) is 19.9 Å². The zero-order valence-corrected chi connectivity index (χ0v) is 20.7. The van der Waals surface area contributed by atoms with E-state index >= 15 is 0 Å². The summed E-state index contributed by atoms with van der Waals surface area (Å²) in [6.07, 6.45) is 1.77. The van der Waals surface area contributed by atoms with Crippen LogP contribution in [0.15, 0.2) is 47.4 Å². The lowest BCUT2D eigenvalue weighted by Gasteiger charge is -2.36. The van der Waals surface area contributed by atoms with Crippen LogP contribution >= 0.6 is 0 Å². The quantitative estimate of drug-likeness (QED) is 0.579. The molecule has 2 aromatic carbocycles. The van der Waals surface area contributed by atoms with Crippen molar-refractivity contribution in [3.05, 3.63) is 53.8 Å². The predicted octanol–water partition coefficient (Wildman–Crippen LogP) is 3.00. The number of fused-ring (bicyclic) bond motifs is 1. The second-order valence-electron chi connectivity index (χ2n) is 8.99. The van der Waals surface area contributed by atoms with Gasteiger partial charge in [-0.2, -0.15) is 0 Å². The van der Waals surface area contributed by atoms with Crippen LogP contribution < -0.4 is 14.5 Å². The number of sulfonamides is 1. The van der Waals surface area contributed by atoms with E-state index in [0.717, 1.165) is 44.0 Å². The maximum absolute atomic E-state index is 14.0. The lowest BCUT2D eigenvalue weighted by Crippen LogP contribution is -2.47. The number of anilines is 2. The number of amides is 1. The van der Waals surface area contributed by atoms with Gasteiger partial charge < -0.3 is 9.80 Å². The Bertz CT molecular complexity index is 1130. The Morgan fingerprint density at radius 1 is 1.09 bits per heavy atom. The summed E-state index contributed by atoms with van der Waals surface area (Å²) in [5, 5.41) is 0. The number of benzene rings is 2. The molecule has 1 saturated heterocycles. The van der Waals surface area contributed by atoms with Crippen LogP contribution in [0.4, 0.5) is 15.8 Å². The molecule has 0 saturated carbocycles. The van der Waals surface area contributed by atoms with E-state index in [1.165, 1.54) is 6.07 Å². The summed E-state index contributed by atoms with van der Waals surface area (Å²) in [6.45, 7) is 8.08. The second kappa shape index (κ2) is 10.4. The number of hydrogen-bond acceptors (Lipinski definition) is 5. The summed E-state index contributed by atoms with van der Waals surface area (Å²) in [4.78, 5) is 18.6. The number of carbonyl (C=O) groups excluding carboxylic acids is 1. The number of rotatable bonds is 8. The van der Waals surface area contributed by atoms with Gasteiger partial charge in [0.25, 0.3) is 0 Å². The van der Waals surface area contributed by atoms with Crippen molar-refractivity contribution < 1.29 is 17.6 Å². The van der Waals surface area contributed by atoms with Crippen LogP contribution in [0.3, 0.4) is 0 Å². The average Bonchev–Trinajstić information content (AvgIpc) is 3.17. The molecular weight excluding hydrogens is 455 g/mol. The SMILES string of the molecule is CCC(=O)N1c2ccc(S(=O)(=O)NCCCN3CCN(c4ccccc4F)CC3)cc2C[C@H]1C. The van der Waals surface area contributed by atoms with Gasteiger partial charge in [0.2, 0.25) is 15.9 Å². The van der Waals surface area contributed by atoms with Crippen LogP contribution in [0, 0.1) is 5.82 Å². The number of piperazine rings is 1. The summed E-state index contributed by atoms with van der Waals surface area (Å²) in [6, 6.07) is 11.9. The molecule has 0 radical (unpaired) electrons. The first kappa shape index (κ1) is 24.6. The molecule has 0 bridgehead atoms. The van der Waals surface area contributed by atoms with Gasteiger partial charge >= 0.3 is 0 Å². The fourth-order valence-electron chi connectivity index (χ4n) is 4.84. The van der Waals surface area contributed by atoms with Gasteiger partial charge in [0.1, 0.15) is 5.82 Å². The molecule has 184 valence electrons. The van der Waals surface area contributed by atoms with Gasteiger partial charge in [-0.3, -0.25) is 9.69 Å². The first-order valence-electron chi connectivity index (χ1n) is 12.0. The van der Waals surface area contributed by atoms with Gasteiger partial charge in [0, 0.05) is 50.9 Å². The van der Waals surface area contributed by atoms with Gasteiger partial charge in [-0.25, -0.2) is 17.5 Å². The first-order valence-corrected chi connectivity index (χ1v) is 13.4. The van der Waals surface area contributed by atoms with Gasteiger partial charge in [0.15, 0.2) is 0 Å². The van der Waals surface area contributed by atoms with Crippen LogP contribution in [0.5, 0.6) is 0 Å². The van der Waals surface area contributed by atoms with Crippen molar-refractivity contribution in [3.8, 4) is 0 Å². The molecule has 0 spiro atoms. The summed E-state index contributed by atoms with van der Waals surface area (Å²) >= 11 is 0. The molecule has 0 aliphatic carbocycles. The highest BCUT2D eigenvalue weighted by molar-refractivity contribution is 7.89. The Hall–Kier alpha value is -2.49. The highest BCUT2D eigenvalue weighted by Crippen LogP contribution is 2.34. The van der Waals surface area contributed by atoms with E-state index < -0.39 is 10.0 Å². The van der Waals surface area contributed by atoms with E-state index in [2.05, 4.69) is 14.5 Å². The smallest absolute Gasteiger partial charge is 0.240 e. The molecule has 1 N–H and O–H groups in total. The van der Waals surface area contributed by atoms with Crippen LogP contribution in [0.2, 0.25) is 0 Å². The van der Waals surface area contributed by atoms with Crippen molar-refractivity contribution in [2.24, 2.45) is 0 Å². The lowest BCUT2D eigenvalue weighted by molar-refractivity contribution is -0.118. The number of para-hydroxylation sites is 1.